The van der Waals surface area contributed by atoms with Crippen LogP contribution in [0.3, 0.4) is 0 Å². The van der Waals surface area contributed by atoms with Crippen LogP contribution in [0.15, 0.2) is 59.5 Å². The zero-order valence-electron chi connectivity index (χ0n) is 15.2. The van der Waals surface area contributed by atoms with Gasteiger partial charge in [-0.05, 0) is 36.4 Å². The van der Waals surface area contributed by atoms with Crippen LogP contribution in [0.4, 0.5) is 15.9 Å². The van der Waals surface area contributed by atoms with Crippen molar-refractivity contribution < 1.29 is 13.6 Å². The molecular formula is C20H20FN5O2. The Hall–Kier alpha value is -3.42. The van der Waals surface area contributed by atoms with Gasteiger partial charge in [-0.1, -0.05) is 0 Å². The number of anilines is 2. The van der Waals surface area contributed by atoms with E-state index in [2.05, 4.69) is 20.2 Å². The summed E-state index contributed by atoms with van der Waals surface area (Å²) in [6.45, 7) is 3.01. The van der Waals surface area contributed by atoms with Gasteiger partial charge in [0.1, 0.15) is 29.4 Å². The molecule has 1 aliphatic heterocycles. The topological polar surface area (TPSA) is 74.5 Å². The maximum absolute atomic E-state index is 13.1. The molecule has 7 nitrogen and oxygen atoms in total. The molecule has 0 aliphatic carbocycles. The third-order valence-electron chi connectivity index (χ3n) is 4.67. The van der Waals surface area contributed by atoms with Crippen LogP contribution < -0.4 is 10.2 Å². The maximum Gasteiger partial charge on any atom is 0.272 e. The number of halogens is 1. The van der Waals surface area contributed by atoms with E-state index in [1.54, 1.807) is 29.4 Å². The Bertz CT molecular complexity index is 922. The monoisotopic (exact) mass is 381 g/mol. The number of piperazine rings is 1. The van der Waals surface area contributed by atoms with E-state index in [4.69, 9.17) is 4.42 Å². The molecule has 0 unspecified atom stereocenters. The summed E-state index contributed by atoms with van der Waals surface area (Å²) in [5, 5.41) is 3.12. The van der Waals surface area contributed by atoms with Crippen LogP contribution in [0, 0.1) is 5.82 Å². The molecule has 28 heavy (non-hydrogen) atoms. The number of hydrogen-bond donors (Lipinski definition) is 1. The second kappa shape index (κ2) is 8.08. The SMILES string of the molecule is O=C(c1cc(NCc2ccco2)ncn1)N1CCN(c2ccc(F)cc2)CC1. The number of amides is 1. The molecule has 1 saturated heterocycles. The van der Waals surface area contributed by atoms with Crippen molar-refractivity contribution in [2.75, 3.05) is 36.4 Å². The third kappa shape index (κ3) is 4.11. The lowest BCUT2D eigenvalue weighted by molar-refractivity contribution is 0.0740. The number of benzene rings is 1. The molecule has 4 rings (SSSR count). The average Bonchev–Trinajstić information content (AvgIpc) is 3.26. The Morgan fingerprint density at radius 1 is 1.11 bits per heavy atom. The molecule has 3 aromatic rings. The fraction of sp³-hybridized carbons (Fsp3) is 0.250. The first-order valence-corrected chi connectivity index (χ1v) is 9.07. The van der Waals surface area contributed by atoms with Crippen molar-refractivity contribution in [2.24, 2.45) is 0 Å². The molecular weight excluding hydrogens is 361 g/mol. The fourth-order valence-electron chi connectivity index (χ4n) is 3.14. The lowest BCUT2D eigenvalue weighted by atomic mass is 10.2. The Labute approximate surface area is 161 Å². The van der Waals surface area contributed by atoms with Gasteiger partial charge in [0.2, 0.25) is 0 Å². The molecule has 1 aromatic carbocycles. The minimum Gasteiger partial charge on any atom is -0.467 e. The number of furan rings is 1. The van der Waals surface area contributed by atoms with Crippen LogP contribution in [0.1, 0.15) is 16.2 Å². The van der Waals surface area contributed by atoms with Gasteiger partial charge in [0.05, 0.1) is 12.8 Å². The maximum atomic E-state index is 13.1. The Morgan fingerprint density at radius 3 is 2.61 bits per heavy atom. The number of aromatic nitrogens is 2. The van der Waals surface area contributed by atoms with Crippen LogP contribution in [0.25, 0.3) is 0 Å². The summed E-state index contributed by atoms with van der Waals surface area (Å²) in [7, 11) is 0. The van der Waals surface area contributed by atoms with Gasteiger partial charge in [0.25, 0.3) is 5.91 Å². The summed E-state index contributed by atoms with van der Waals surface area (Å²) in [6.07, 6.45) is 2.99. The van der Waals surface area contributed by atoms with Crippen molar-refractivity contribution in [1.82, 2.24) is 14.9 Å². The number of nitrogens with one attached hydrogen (secondary N) is 1. The second-order valence-corrected chi connectivity index (χ2v) is 6.48. The van der Waals surface area contributed by atoms with Crippen LogP contribution in [-0.4, -0.2) is 47.0 Å². The first-order chi connectivity index (χ1) is 13.7. The molecule has 144 valence electrons. The highest BCUT2D eigenvalue weighted by Crippen LogP contribution is 2.18. The number of hydrogen-bond acceptors (Lipinski definition) is 6. The van der Waals surface area contributed by atoms with E-state index in [0.717, 1.165) is 11.4 Å². The lowest BCUT2D eigenvalue weighted by Gasteiger charge is -2.36. The molecule has 0 saturated carbocycles. The summed E-state index contributed by atoms with van der Waals surface area (Å²) < 4.78 is 18.4. The zero-order chi connectivity index (χ0) is 19.3. The van der Waals surface area contributed by atoms with E-state index in [1.165, 1.54) is 18.5 Å². The molecule has 1 fully saturated rings. The van der Waals surface area contributed by atoms with Crippen LogP contribution in [0.5, 0.6) is 0 Å². The lowest BCUT2D eigenvalue weighted by Crippen LogP contribution is -2.49. The minimum absolute atomic E-state index is 0.123. The summed E-state index contributed by atoms with van der Waals surface area (Å²) in [6, 6.07) is 11.7. The summed E-state index contributed by atoms with van der Waals surface area (Å²) in [5.41, 5.74) is 1.31. The highest BCUT2D eigenvalue weighted by molar-refractivity contribution is 5.93. The molecule has 1 N–H and O–H groups in total. The number of nitrogens with zero attached hydrogens (tertiary/aromatic N) is 4. The van der Waals surface area contributed by atoms with Crippen LogP contribution in [-0.2, 0) is 6.54 Å². The molecule has 0 spiro atoms. The molecule has 0 radical (unpaired) electrons. The third-order valence-corrected chi connectivity index (χ3v) is 4.67. The highest BCUT2D eigenvalue weighted by atomic mass is 19.1. The highest BCUT2D eigenvalue weighted by Gasteiger charge is 2.23. The minimum atomic E-state index is -0.252. The van der Waals surface area contributed by atoms with E-state index in [-0.39, 0.29) is 11.7 Å². The summed E-state index contributed by atoms with van der Waals surface area (Å²) in [4.78, 5) is 25.0. The van der Waals surface area contributed by atoms with E-state index < -0.39 is 0 Å². The summed E-state index contributed by atoms with van der Waals surface area (Å²) in [5.74, 6) is 0.975. The molecule has 3 heterocycles. The van der Waals surface area contributed by atoms with Gasteiger partial charge in [-0.25, -0.2) is 14.4 Å². The van der Waals surface area contributed by atoms with Crippen molar-refractivity contribution in [2.45, 2.75) is 6.54 Å². The van der Waals surface area contributed by atoms with Crippen molar-refractivity contribution in [3.05, 3.63) is 72.3 Å². The predicted molar refractivity (Wildman–Crippen MR) is 103 cm³/mol. The van der Waals surface area contributed by atoms with Gasteiger partial charge in [-0.3, -0.25) is 4.79 Å². The molecule has 2 aromatic heterocycles. The standard InChI is InChI=1S/C20H20FN5O2/c21-15-3-5-16(6-4-15)25-7-9-26(10-8-25)20(27)18-12-19(24-14-23-18)22-13-17-2-1-11-28-17/h1-6,11-12,14H,7-10,13H2,(H,22,23,24). The van der Waals surface area contributed by atoms with E-state index >= 15 is 0 Å². The Kier molecular flexibility index (Phi) is 5.18. The molecule has 1 amide bonds. The fourth-order valence-corrected chi connectivity index (χ4v) is 3.14. The van der Waals surface area contributed by atoms with Gasteiger partial charge in [-0.15, -0.1) is 0 Å². The van der Waals surface area contributed by atoms with E-state index in [0.29, 0.717) is 44.2 Å². The zero-order valence-corrected chi connectivity index (χ0v) is 15.2. The normalized spacial score (nSPS) is 14.2. The molecule has 1 aliphatic rings. The van der Waals surface area contributed by atoms with Gasteiger partial charge in [-0.2, -0.15) is 0 Å². The van der Waals surface area contributed by atoms with Crippen molar-refractivity contribution in [3.63, 3.8) is 0 Å². The Morgan fingerprint density at radius 2 is 1.89 bits per heavy atom. The molecule has 0 bridgehead atoms. The predicted octanol–water partition coefficient (Wildman–Crippen LogP) is 2.78. The van der Waals surface area contributed by atoms with Crippen LogP contribution in [0.2, 0.25) is 0 Å². The molecule has 8 heteroatoms. The Balaban J connectivity index is 1.35. The van der Waals surface area contributed by atoms with Gasteiger partial charge >= 0.3 is 0 Å². The first kappa shape index (κ1) is 18.0. The number of carbonyl (C=O) groups excluding carboxylic acids is 1. The van der Waals surface area contributed by atoms with Crippen molar-refractivity contribution in [1.29, 1.82) is 0 Å². The van der Waals surface area contributed by atoms with Crippen LogP contribution >= 0.6 is 0 Å². The number of carbonyl (C=O) groups is 1. The average molecular weight is 381 g/mol. The second-order valence-electron chi connectivity index (χ2n) is 6.48. The van der Waals surface area contributed by atoms with Gasteiger partial charge < -0.3 is 19.5 Å². The smallest absolute Gasteiger partial charge is 0.272 e. The van der Waals surface area contributed by atoms with E-state index in [9.17, 15) is 9.18 Å². The molecule has 0 atom stereocenters. The quantitative estimate of drug-likeness (QED) is 0.733. The van der Waals surface area contributed by atoms with Crippen molar-refractivity contribution in [3.8, 4) is 0 Å². The van der Waals surface area contributed by atoms with Crippen molar-refractivity contribution >= 4 is 17.4 Å². The van der Waals surface area contributed by atoms with Gasteiger partial charge in [0, 0.05) is 37.9 Å². The van der Waals surface area contributed by atoms with E-state index in [1.807, 2.05) is 12.1 Å². The largest absolute Gasteiger partial charge is 0.467 e. The first-order valence-electron chi connectivity index (χ1n) is 9.07. The summed E-state index contributed by atoms with van der Waals surface area (Å²) >= 11 is 0. The number of rotatable bonds is 5. The van der Waals surface area contributed by atoms with Gasteiger partial charge in [0.15, 0.2) is 0 Å².